The van der Waals surface area contributed by atoms with Gasteiger partial charge in [0.25, 0.3) is 0 Å². The number of carbonyl (C=O) groups is 1. The number of hydrogen-bond acceptors (Lipinski definition) is 2. The Bertz CT molecular complexity index is 313. The second-order valence-electron chi connectivity index (χ2n) is 3.33. The summed E-state index contributed by atoms with van der Waals surface area (Å²) in [7, 11) is 0. The summed E-state index contributed by atoms with van der Waals surface area (Å²) in [5.74, 6) is 0.981. The summed E-state index contributed by atoms with van der Waals surface area (Å²) in [6.07, 6.45) is 1.12. The van der Waals surface area contributed by atoms with Gasteiger partial charge >= 0.3 is 5.97 Å². The van der Waals surface area contributed by atoms with Crippen LogP contribution in [0.1, 0.15) is 35.6 Å². The van der Waals surface area contributed by atoms with E-state index in [0.29, 0.717) is 11.8 Å². The SMILES string of the molecule is CC1CC1c1ccc(C(=O)O)o1. The summed E-state index contributed by atoms with van der Waals surface area (Å²) in [5, 5.41) is 8.57. The number of carboxylic acids is 1. The fourth-order valence-corrected chi connectivity index (χ4v) is 1.39. The minimum absolute atomic E-state index is 0.0455. The first-order chi connectivity index (χ1) is 5.68. The van der Waals surface area contributed by atoms with Crippen LogP contribution in [0.4, 0.5) is 0 Å². The Labute approximate surface area is 70.0 Å². The summed E-state index contributed by atoms with van der Waals surface area (Å²) < 4.78 is 5.14. The first-order valence-corrected chi connectivity index (χ1v) is 4.01. The molecule has 2 atom stereocenters. The zero-order valence-electron chi connectivity index (χ0n) is 6.78. The van der Waals surface area contributed by atoms with Crippen molar-refractivity contribution in [3.63, 3.8) is 0 Å². The van der Waals surface area contributed by atoms with Crippen molar-refractivity contribution in [3.05, 3.63) is 23.7 Å². The summed E-state index contributed by atoms with van der Waals surface area (Å²) in [5.41, 5.74) is 0. The molecule has 64 valence electrons. The molecule has 3 nitrogen and oxygen atoms in total. The van der Waals surface area contributed by atoms with Gasteiger partial charge < -0.3 is 9.52 Å². The van der Waals surface area contributed by atoms with E-state index in [4.69, 9.17) is 9.52 Å². The molecule has 12 heavy (non-hydrogen) atoms. The highest BCUT2D eigenvalue weighted by Gasteiger charge is 2.36. The van der Waals surface area contributed by atoms with Gasteiger partial charge in [0.15, 0.2) is 0 Å². The lowest BCUT2D eigenvalue weighted by molar-refractivity contribution is 0.0660. The number of hydrogen-bond donors (Lipinski definition) is 1. The van der Waals surface area contributed by atoms with Crippen LogP contribution in [0.5, 0.6) is 0 Å². The second-order valence-corrected chi connectivity index (χ2v) is 3.33. The van der Waals surface area contributed by atoms with E-state index >= 15 is 0 Å². The Morgan fingerprint density at radius 2 is 2.33 bits per heavy atom. The van der Waals surface area contributed by atoms with Gasteiger partial charge in [-0.1, -0.05) is 6.92 Å². The predicted octanol–water partition coefficient (Wildman–Crippen LogP) is 2.10. The molecular formula is C9H10O3. The molecule has 3 heteroatoms. The molecule has 0 saturated heterocycles. The first kappa shape index (κ1) is 7.40. The number of aromatic carboxylic acids is 1. The molecule has 1 fully saturated rings. The van der Waals surface area contributed by atoms with E-state index < -0.39 is 5.97 Å². The molecule has 0 aromatic carbocycles. The van der Waals surface area contributed by atoms with Crippen LogP contribution in [0.25, 0.3) is 0 Å². The van der Waals surface area contributed by atoms with Crippen molar-refractivity contribution < 1.29 is 14.3 Å². The quantitative estimate of drug-likeness (QED) is 0.731. The van der Waals surface area contributed by atoms with Crippen LogP contribution in [0.3, 0.4) is 0 Å². The topological polar surface area (TPSA) is 50.4 Å². The minimum Gasteiger partial charge on any atom is -0.475 e. The smallest absolute Gasteiger partial charge is 0.371 e. The average Bonchev–Trinajstić information content (AvgIpc) is 2.59. The predicted molar refractivity (Wildman–Crippen MR) is 42.2 cm³/mol. The molecule has 1 aliphatic carbocycles. The highest BCUT2D eigenvalue weighted by molar-refractivity contribution is 5.84. The Morgan fingerprint density at radius 3 is 2.75 bits per heavy atom. The normalized spacial score (nSPS) is 27.1. The van der Waals surface area contributed by atoms with Crippen LogP contribution in [0.15, 0.2) is 16.5 Å². The van der Waals surface area contributed by atoms with Crippen molar-refractivity contribution in [1.29, 1.82) is 0 Å². The van der Waals surface area contributed by atoms with Crippen molar-refractivity contribution in [1.82, 2.24) is 0 Å². The first-order valence-electron chi connectivity index (χ1n) is 4.01. The maximum atomic E-state index is 10.4. The molecule has 1 aliphatic rings. The second kappa shape index (κ2) is 2.37. The van der Waals surface area contributed by atoms with Gasteiger partial charge in [-0.15, -0.1) is 0 Å². The molecule has 1 aromatic heterocycles. The molecular weight excluding hydrogens is 156 g/mol. The Kier molecular flexibility index (Phi) is 1.46. The van der Waals surface area contributed by atoms with Crippen LogP contribution in [-0.4, -0.2) is 11.1 Å². The third kappa shape index (κ3) is 1.11. The largest absolute Gasteiger partial charge is 0.475 e. The third-order valence-corrected chi connectivity index (χ3v) is 2.31. The summed E-state index contributed by atoms with van der Waals surface area (Å²) in [6, 6.07) is 3.28. The molecule has 1 aromatic rings. The van der Waals surface area contributed by atoms with Gasteiger partial charge in [0.2, 0.25) is 5.76 Å². The Hall–Kier alpha value is -1.25. The van der Waals surface area contributed by atoms with Gasteiger partial charge in [-0.25, -0.2) is 4.79 Å². The van der Waals surface area contributed by atoms with Gasteiger partial charge in [0, 0.05) is 5.92 Å². The zero-order valence-corrected chi connectivity index (χ0v) is 6.78. The van der Waals surface area contributed by atoms with Crippen molar-refractivity contribution in [3.8, 4) is 0 Å². The molecule has 0 radical (unpaired) electrons. The highest BCUT2D eigenvalue weighted by atomic mass is 16.4. The fraction of sp³-hybridized carbons (Fsp3) is 0.444. The molecule has 2 rings (SSSR count). The lowest BCUT2D eigenvalue weighted by atomic mass is 10.3. The highest BCUT2D eigenvalue weighted by Crippen LogP contribution is 2.47. The molecule has 0 aliphatic heterocycles. The van der Waals surface area contributed by atoms with Crippen LogP contribution in [-0.2, 0) is 0 Å². The van der Waals surface area contributed by atoms with Gasteiger partial charge in [-0.05, 0) is 24.5 Å². The van der Waals surface area contributed by atoms with E-state index in [9.17, 15) is 4.79 Å². The van der Waals surface area contributed by atoms with E-state index in [1.165, 1.54) is 6.07 Å². The van der Waals surface area contributed by atoms with Crippen molar-refractivity contribution in [2.24, 2.45) is 5.92 Å². The third-order valence-electron chi connectivity index (χ3n) is 2.31. The van der Waals surface area contributed by atoms with Gasteiger partial charge in [0.05, 0.1) is 0 Å². The molecule has 2 unspecified atom stereocenters. The van der Waals surface area contributed by atoms with E-state index in [-0.39, 0.29) is 5.76 Å². The number of rotatable bonds is 2. The maximum Gasteiger partial charge on any atom is 0.371 e. The summed E-state index contributed by atoms with van der Waals surface area (Å²) in [4.78, 5) is 10.4. The van der Waals surface area contributed by atoms with Crippen LogP contribution < -0.4 is 0 Å². The van der Waals surface area contributed by atoms with Crippen LogP contribution >= 0.6 is 0 Å². The van der Waals surface area contributed by atoms with Gasteiger partial charge in [-0.3, -0.25) is 0 Å². The summed E-state index contributed by atoms with van der Waals surface area (Å²) in [6.45, 7) is 2.13. The fourth-order valence-electron chi connectivity index (χ4n) is 1.39. The van der Waals surface area contributed by atoms with E-state index in [2.05, 4.69) is 6.92 Å². The van der Waals surface area contributed by atoms with Gasteiger partial charge in [-0.2, -0.15) is 0 Å². The lowest BCUT2D eigenvalue weighted by Crippen LogP contribution is -1.91. The standard InChI is InChI=1S/C9H10O3/c1-5-4-6(5)7-2-3-8(12-7)9(10)11/h2-3,5-6H,4H2,1H3,(H,10,11). The maximum absolute atomic E-state index is 10.4. The van der Waals surface area contributed by atoms with Crippen molar-refractivity contribution in [2.45, 2.75) is 19.3 Å². The Balaban J connectivity index is 2.19. The lowest BCUT2D eigenvalue weighted by Gasteiger charge is -1.89. The zero-order chi connectivity index (χ0) is 8.72. The van der Waals surface area contributed by atoms with Crippen LogP contribution in [0.2, 0.25) is 0 Å². The Morgan fingerprint density at radius 1 is 1.67 bits per heavy atom. The average molecular weight is 166 g/mol. The molecule has 0 spiro atoms. The van der Waals surface area contributed by atoms with E-state index in [1.54, 1.807) is 6.07 Å². The molecule has 1 heterocycles. The van der Waals surface area contributed by atoms with E-state index in [1.807, 2.05) is 0 Å². The monoisotopic (exact) mass is 166 g/mol. The molecule has 0 bridgehead atoms. The summed E-state index contributed by atoms with van der Waals surface area (Å²) >= 11 is 0. The molecule has 1 N–H and O–H groups in total. The molecule has 0 amide bonds. The minimum atomic E-state index is -0.991. The number of furan rings is 1. The van der Waals surface area contributed by atoms with E-state index in [0.717, 1.165) is 12.2 Å². The molecule has 1 saturated carbocycles. The van der Waals surface area contributed by atoms with Crippen molar-refractivity contribution in [2.75, 3.05) is 0 Å². The van der Waals surface area contributed by atoms with Gasteiger partial charge in [0.1, 0.15) is 5.76 Å². The number of carboxylic acid groups (broad SMARTS) is 1. The van der Waals surface area contributed by atoms with Crippen LogP contribution in [0, 0.1) is 5.92 Å². The van der Waals surface area contributed by atoms with Crippen molar-refractivity contribution >= 4 is 5.97 Å².